The molecule has 0 saturated carbocycles. The quantitative estimate of drug-likeness (QED) is 0.830. The average molecular weight is 365 g/mol. The summed E-state index contributed by atoms with van der Waals surface area (Å²) in [5.41, 5.74) is -0.202. The molecule has 8 heteroatoms. The second-order valence-electron chi connectivity index (χ2n) is 7.15. The molecule has 1 spiro atoms. The second kappa shape index (κ2) is 5.62. The molecule has 25 heavy (non-hydrogen) atoms. The van der Waals surface area contributed by atoms with E-state index in [9.17, 15) is 12.8 Å². The Kier molecular flexibility index (Phi) is 3.75. The molecule has 3 heterocycles. The molecule has 6 nitrogen and oxygen atoms in total. The Morgan fingerprint density at radius 2 is 2.08 bits per heavy atom. The minimum Gasteiger partial charge on any atom is -0.446 e. The molecule has 0 aliphatic carbocycles. The lowest BCUT2D eigenvalue weighted by atomic mass is 9.73. The van der Waals surface area contributed by atoms with E-state index in [2.05, 4.69) is 9.88 Å². The maximum absolute atomic E-state index is 13.4. The highest BCUT2D eigenvalue weighted by Crippen LogP contribution is 2.49. The predicted molar refractivity (Wildman–Crippen MR) is 89.1 cm³/mol. The van der Waals surface area contributed by atoms with Crippen molar-refractivity contribution in [1.82, 2.24) is 14.2 Å². The van der Waals surface area contributed by atoms with Gasteiger partial charge in [0.05, 0.1) is 17.0 Å². The summed E-state index contributed by atoms with van der Waals surface area (Å²) < 4.78 is 46.0. The third kappa shape index (κ3) is 2.68. The first-order valence-electron chi connectivity index (χ1n) is 8.17. The molecule has 0 amide bonds. The van der Waals surface area contributed by atoms with E-state index >= 15 is 0 Å². The van der Waals surface area contributed by atoms with Crippen molar-refractivity contribution in [2.45, 2.75) is 17.7 Å². The van der Waals surface area contributed by atoms with Crippen LogP contribution in [0.2, 0.25) is 0 Å². The number of benzene rings is 1. The number of aryl methyl sites for hydroxylation is 1. The highest BCUT2D eigenvalue weighted by Gasteiger charge is 2.58. The van der Waals surface area contributed by atoms with Gasteiger partial charge in [0.25, 0.3) is 0 Å². The molecule has 134 valence electrons. The molecule has 0 radical (unpaired) electrons. The minimum absolute atomic E-state index is 0.00257. The highest BCUT2D eigenvalue weighted by molar-refractivity contribution is 7.89. The number of aromatic nitrogens is 1. The van der Waals surface area contributed by atoms with Gasteiger partial charge in [-0.25, -0.2) is 17.8 Å². The van der Waals surface area contributed by atoms with Gasteiger partial charge in [-0.1, -0.05) is 6.07 Å². The summed E-state index contributed by atoms with van der Waals surface area (Å²) in [5.74, 6) is 0.933. The molecule has 1 aromatic heterocycles. The molecule has 2 fully saturated rings. The van der Waals surface area contributed by atoms with Gasteiger partial charge in [-0.15, -0.1) is 0 Å². The number of nitrogens with zero attached hydrogens (tertiary/aromatic N) is 3. The Hall–Kier alpha value is -1.77. The molecule has 0 N–H and O–H groups in total. The van der Waals surface area contributed by atoms with Crippen molar-refractivity contribution in [2.75, 3.05) is 33.2 Å². The van der Waals surface area contributed by atoms with Gasteiger partial charge in [-0.3, -0.25) is 0 Å². The number of likely N-dealkylation sites (N-methyl/N-ethyl adjacent to an activating group) is 1. The van der Waals surface area contributed by atoms with Gasteiger partial charge >= 0.3 is 0 Å². The largest absolute Gasteiger partial charge is 0.446 e. The smallest absolute Gasteiger partial charge is 0.243 e. The predicted octanol–water partition coefficient (Wildman–Crippen LogP) is 1.84. The van der Waals surface area contributed by atoms with Crippen LogP contribution < -0.4 is 0 Å². The molecular formula is C17H20FN3O3S. The van der Waals surface area contributed by atoms with Crippen LogP contribution in [0, 0.1) is 18.2 Å². The molecular weight excluding hydrogens is 345 g/mol. The van der Waals surface area contributed by atoms with E-state index < -0.39 is 15.8 Å². The Morgan fingerprint density at radius 1 is 1.32 bits per heavy atom. The third-order valence-electron chi connectivity index (χ3n) is 5.17. The molecule has 2 aliphatic rings. The van der Waals surface area contributed by atoms with Crippen LogP contribution in [0.4, 0.5) is 4.39 Å². The Balaban J connectivity index is 1.59. The average Bonchev–Trinajstić information content (AvgIpc) is 3.09. The van der Waals surface area contributed by atoms with Gasteiger partial charge in [0, 0.05) is 31.6 Å². The lowest BCUT2D eigenvalue weighted by molar-refractivity contribution is 0.0581. The number of rotatable bonds is 3. The van der Waals surface area contributed by atoms with Crippen molar-refractivity contribution in [3.05, 3.63) is 47.9 Å². The number of hydrogen-bond acceptors (Lipinski definition) is 5. The summed E-state index contributed by atoms with van der Waals surface area (Å²) >= 11 is 0. The zero-order chi connectivity index (χ0) is 17.8. The number of sulfonamides is 1. The van der Waals surface area contributed by atoms with E-state index in [4.69, 9.17) is 4.42 Å². The first-order chi connectivity index (χ1) is 11.8. The lowest BCUT2D eigenvalue weighted by Crippen LogP contribution is -2.61. The first kappa shape index (κ1) is 16.7. The first-order valence-corrected chi connectivity index (χ1v) is 9.61. The van der Waals surface area contributed by atoms with Crippen LogP contribution in [-0.2, 0) is 10.0 Å². The zero-order valence-electron chi connectivity index (χ0n) is 14.1. The van der Waals surface area contributed by atoms with Gasteiger partial charge in [0.1, 0.15) is 11.6 Å². The van der Waals surface area contributed by atoms with Crippen LogP contribution in [0.15, 0.2) is 39.8 Å². The molecule has 2 aliphatic heterocycles. The number of oxazole rings is 1. The monoisotopic (exact) mass is 365 g/mol. The maximum atomic E-state index is 13.4. The molecule has 1 aromatic carbocycles. The van der Waals surface area contributed by atoms with E-state index in [0.717, 1.165) is 24.9 Å². The van der Waals surface area contributed by atoms with E-state index in [1.54, 1.807) is 6.20 Å². The number of halogens is 1. The minimum atomic E-state index is -3.68. The summed E-state index contributed by atoms with van der Waals surface area (Å²) in [6.07, 6.45) is 1.70. The Labute approximate surface area is 146 Å². The summed E-state index contributed by atoms with van der Waals surface area (Å²) in [5, 5.41) is 0. The van der Waals surface area contributed by atoms with E-state index in [0.29, 0.717) is 19.0 Å². The summed E-state index contributed by atoms with van der Waals surface area (Å²) in [4.78, 5) is 6.53. The van der Waals surface area contributed by atoms with Crippen molar-refractivity contribution in [3.8, 4) is 0 Å². The van der Waals surface area contributed by atoms with Crippen molar-refractivity contribution in [2.24, 2.45) is 5.41 Å². The van der Waals surface area contributed by atoms with E-state index in [1.165, 1.54) is 22.5 Å². The topological polar surface area (TPSA) is 66.7 Å². The molecule has 1 unspecified atom stereocenters. The molecule has 4 rings (SSSR count). The normalized spacial score (nSPS) is 23.9. The van der Waals surface area contributed by atoms with Gasteiger partial charge < -0.3 is 9.32 Å². The van der Waals surface area contributed by atoms with Crippen molar-refractivity contribution in [1.29, 1.82) is 0 Å². The fourth-order valence-corrected chi connectivity index (χ4v) is 5.68. The third-order valence-corrected chi connectivity index (χ3v) is 6.96. The van der Waals surface area contributed by atoms with Crippen molar-refractivity contribution >= 4 is 10.0 Å². The van der Waals surface area contributed by atoms with E-state index in [-0.39, 0.29) is 16.2 Å². The van der Waals surface area contributed by atoms with Gasteiger partial charge in [-0.2, -0.15) is 4.31 Å². The summed E-state index contributed by atoms with van der Waals surface area (Å²) in [7, 11) is -1.67. The lowest BCUT2D eigenvalue weighted by Gasteiger charge is -2.49. The summed E-state index contributed by atoms with van der Waals surface area (Å²) in [6.45, 7) is 4.20. The number of likely N-dealkylation sites (tertiary alicyclic amines) is 1. The Bertz CT molecular complexity index is 905. The molecule has 1 atom stereocenters. The van der Waals surface area contributed by atoms with Gasteiger partial charge in [0.2, 0.25) is 10.0 Å². The van der Waals surface area contributed by atoms with Crippen LogP contribution >= 0.6 is 0 Å². The molecule has 2 aromatic rings. The standard InChI is InChI=1S/C17H20FN3O3S/c1-12-7-19-16(24-12)15-8-20(2)9-17(15)10-21(11-17)25(22,23)14-5-3-4-13(18)6-14/h3-7,15H,8-11H2,1-2H3. The van der Waals surface area contributed by atoms with Crippen LogP contribution in [-0.4, -0.2) is 55.8 Å². The van der Waals surface area contributed by atoms with Crippen LogP contribution in [0.5, 0.6) is 0 Å². The molecule has 0 bridgehead atoms. The zero-order valence-corrected chi connectivity index (χ0v) is 15.0. The number of hydrogen-bond donors (Lipinski definition) is 0. The SMILES string of the molecule is Cc1cnc(C2CN(C)CC23CN(S(=O)(=O)c2cccc(F)c2)C3)o1. The highest BCUT2D eigenvalue weighted by atomic mass is 32.2. The van der Waals surface area contributed by atoms with Gasteiger partial charge in [-0.05, 0) is 32.2 Å². The summed E-state index contributed by atoms with van der Waals surface area (Å²) in [6, 6.07) is 5.15. The van der Waals surface area contributed by atoms with Crippen LogP contribution in [0.25, 0.3) is 0 Å². The van der Waals surface area contributed by atoms with Crippen molar-refractivity contribution < 1.29 is 17.2 Å². The van der Waals surface area contributed by atoms with Crippen LogP contribution in [0.3, 0.4) is 0 Å². The van der Waals surface area contributed by atoms with Gasteiger partial charge in [0.15, 0.2) is 5.89 Å². The van der Waals surface area contributed by atoms with Crippen LogP contribution in [0.1, 0.15) is 17.6 Å². The Morgan fingerprint density at radius 3 is 2.72 bits per heavy atom. The maximum Gasteiger partial charge on any atom is 0.243 e. The fourth-order valence-electron chi connectivity index (χ4n) is 4.01. The fraction of sp³-hybridized carbons (Fsp3) is 0.471. The van der Waals surface area contributed by atoms with Crippen molar-refractivity contribution in [3.63, 3.8) is 0 Å². The molecule has 2 saturated heterocycles. The second-order valence-corrected chi connectivity index (χ2v) is 9.09. The van der Waals surface area contributed by atoms with E-state index in [1.807, 2.05) is 14.0 Å².